The van der Waals surface area contributed by atoms with Gasteiger partial charge in [0.1, 0.15) is 5.82 Å². The Kier molecular flexibility index (Phi) is 3.40. The molecule has 4 N–H and O–H groups in total. The summed E-state index contributed by atoms with van der Waals surface area (Å²) in [5, 5.41) is 19.5. The number of nitrogens with one attached hydrogen (secondary N) is 1. The number of anilines is 1. The zero-order valence-electron chi connectivity index (χ0n) is 9.67. The summed E-state index contributed by atoms with van der Waals surface area (Å²) in [6.45, 7) is 0. The number of carboxylic acid groups (broad SMARTS) is 1. The van der Waals surface area contributed by atoms with Crippen molar-refractivity contribution in [3.63, 3.8) is 0 Å². The van der Waals surface area contributed by atoms with Crippen molar-refractivity contribution in [2.24, 2.45) is 11.7 Å². The van der Waals surface area contributed by atoms with E-state index >= 15 is 0 Å². The average molecular weight is 250 g/mol. The summed E-state index contributed by atoms with van der Waals surface area (Å²) >= 11 is 0. The van der Waals surface area contributed by atoms with Crippen molar-refractivity contribution in [3.05, 3.63) is 17.8 Å². The second-order valence-electron chi connectivity index (χ2n) is 4.36. The quantitative estimate of drug-likeness (QED) is 0.704. The van der Waals surface area contributed by atoms with Gasteiger partial charge in [0.2, 0.25) is 0 Å². The first-order chi connectivity index (χ1) is 8.56. The lowest BCUT2D eigenvalue weighted by Gasteiger charge is -2.12. The Morgan fingerprint density at radius 2 is 2.11 bits per heavy atom. The van der Waals surface area contributed by atoms with E-state index in [1.165, 1.54) is 6.07 Å². The number of rotatable bonds is 4. The molecule has 1 saturated carbocycles. The number of carbonyl (C=O) groups excluding carboxylic acids is 1. The van der Waals surface area contributed by atoms with Gasteiger partial charge < -0.3 is 16.2 Å². The maximum Gasteiger partial charge on any atom is 0.306 e. The van der Waals surface area contributed by atoms with Crippen molar-refractivity contribution < 1.29 is 14.7 Å². The molecule has 7 nitrogen and oxygen atoms in total. The third kappa shape index (κ3) is 2.73. The topological polar surface area (TPSA) is 118 Å². The van der Waals surface area contributed by atoms with E-state index in [4.69, 9.17) is 10.8 Å². The fourth-order valence-electron chi connectivity index (χ4n) is 2.09. The van der Waals surface area contributed by atoms with E-state index in [0.717, 1.165) is 6.42 Å². The standard InChI is InChI=1S/C11H14N4O3/c12-10(16)8-3-4-9(15-14-8)13-7-2-1-6(5-7)11(17)18/h3-4,6-7H,1-2,5H2,(H2,12,16)(H,13,15)(H,17,18). The van der Waals surface area contributed by atoms with Crippen LogP contribution in [0.25, 0.3) is 0 Å². The van der Waals surface area contributed by atoms with Crippen LogP contribution in [0.4, 0.5) is 5.82 Å². The number of nitrogens with zero attached hydrogens (tertiary/aromatic N) is 2. The number of hydrogen-bond acceptors (Lipinski definition) is 5. The van der Waals surface area contributed by atoms with Crippen LogP contribution < -0.4 is 11.1 Å². The molecule has 2 atom stereocenters. The minimum atomic E-state index is -0.755. The highest BCUT2D eigenvalue weighted by Crippen LogP contribution is 2.27. The van der Waals surface area contributed by atoms with Crippen molar-refractivity contribution in [1.82, 2.24) is 10.2 Å². The molecule has 2 rings (SSSR count). The molecule has 1 amide bonds. The first kappa shape index (κ1) is 12.3. The molecule has 0 spiro atoms. The first-order valence-corrected chi connectivity index (χ1v) is 5.69. The maximum atomic E-state index is 10.8. The second-order valence-corrected chi connectivity index (χ2v) is 4.36. The molecule has 1 fully saturated rings. The van der Waals surface area contributed by atoms with Gasteiger partial charge in [-0.3, -0.25) is 9.59 Å². The van der Waals surface area contributed by atoms with Gasteiger partial charge in [-0.25, -0.2) is 0 Å². The van der Waals surface area contributed by atoms with Gasteiger partial charge in [-0.1, -0.05) is 0 Å². The summed E-state index contributed by atoms with van der Waals surface area (Å²) in [6.07, 6.45) is 2.03. The lowest BCUT2D eigenvalue weighted by molar-refractivity contribution is -0.141. The van der Waals surface area contributed by atoms with Crippen molar-refractivity contribution >= 4 is 17.7 Å². The zero-order valence-corrected chi connectivity index (χ0v) is 9.67. The smallest absolute Gasteiger partial charge is 0.306 e. The Morgan fingerprint density at radius 1 is 1.33 bits per heavy atom. The summed E-state index contributed by atoms with van der Waals surface area (Å²) in [5.74, 6) is -1.15. The van der Waals surface area contributed by atoms with E-state index in [1.807, 2.05) is 0 Å². The van der Waals surface area contributed by atoms with Crippen LogP contribution in [0.5, 0.6) is 0 Å². The van der Waals surface area contributed by atoms with Crippen molar-refractivity contribution in [2.45, 2.75) is 25.3 Å². The molecule has 7 heteroatoms. The summed E-state index contributed by atoms with van der Waals surface area (Å²) in [4.78, 5) is 21.6. The lowest BCUT2D eigenvalue weighted by Crippen LogP contribution is -2.19. The van der Waals surface area contributed by atoms with E-state index in [9.17, 15) is 9.59 Å². The number of aliphatic carboxylic acids is 1. The highest BCUT2D eigenvalue weighted by molar-refractivity contribution is 5.90. The number of carboxylic acids is 1. The van der Waals surface area contributed by atoms with Gasteiger partial charge in [0.25, 0.3) is 5.91 Å². The zero-order chi connectivity index (χ0) is 13.1. The lowest BCUT2D eigenvalue weighted by atomic mass is 10.1. The molecule has 0 radical (unpaired) electrons. The molecule has 0 bridgehead atoms. The third-order valence-corrected chi connectivity index (χ3v) is 3.05. The highest BCUT2D eigenvalue weighted by atomic mass is 16.4. The summed E-state index contributed by atoms with van der Waals surface area (Å²) < 4.78 is 0. The molecule has 96 valence electrons. The number of primary amides is 1. The number of nitrogens with two attached hydrogens (primary N) is 1. The Morgan fingerprint density at radius 3 is 2.61 bits per heavy atom. The number of aromatic nitrogens is 2. The van der Waals surface area contributed by atoms with Crippen LogP contribution in [-0.4, -0.2) is 33.2 Å². The molecule has 1 aromatic rings. The Labute approximate surface area is 103 Å². The number of hydrogen-bond donors (Lipinski definition) is 3. The molecule has 1 aromatic heterocycles. The molecule has 1 aliphatic carbocycles. The largest absolute Gasteiger partial charge is 0.481 e. The predicted octanol–water partition coefficient (Wildman–Crippen LogP) is 0.241. The van der Waals surface area contributed by atoms with Crippen LogP contribution in [0, 0.1) is 5.92 Å². The molecule has 0 saturated heterocycles. The number of carbonyl (C=O) groups is 2. The SMILES string of the molecule is NC(=O)c1ccc(NC2CCC(C(=O)O)C2)nn1. The van der Waals surface area contributed by atoms with E-state index in [1.54, 1.807) is 6.07 Å². The summed E-state index contributed by atoms with van der Waals surface area (Å²) in [6, 6.07) is 3.18. The Balaban J connectivity index is 1.94. The van der Waals surface area contributed by atoms with E-state index in [2.05, 4.69) is 15.5 Å². The van der Waals surface area contributed by atoms with Crippen molar-refractivity contribution in [1.29, 1.82) is 0 Å². The van der Waals surface area contributed by atoms with Gasteiger partial charge in [0, 0.05) is 6.04 Å². The van der Waals surface area contributed by atoms with Crippen molar-refractivity contribution in [2.75, 3.05) is 5.32 Å². The summed E-state index contributed by atoms with van der Waals surface area (Å²) in [7, 11) is 0. The maximum absolute atomic E-state index is 10.8. The van der Waals surface area contributed by atoms with Gasteiger partial charge in [-0.05, 0) is 31.4 Å². The van der Waals surface area contributed by atoms with Crippen LogP contribution in [0.15, 0.2) is 12.1 Å². The Bertz CT molecular complexity index is 460. The van der Waals surface area contributed by atoms with E-state index < -0.39 is 11.9 Å². The fourth-order valence-corrected chi connectivity index (χ4v) is 2.09. The number of amides is 1. The minimum absolute atomic E-state index is 0.0832. The third-order valence-electron chi connectivity index (χ3n) is 3.05. The minimum Gasteiger partial charge on any atom is -0.481 e. The van der Waals surface area contributed by atoms with Crippen LogP contribution in [0.3, 0.4) is 0 Å². The van der Waals surface area contributed by atoms with Crippen LogP contribution in [0.2, 0.25) is 0 Å². The van der Waals surface area contributed by atoms with Gasteiger partial charge in [-0.15, -0.1) is 10.2 Å². The molecule has 0 aliphatic heterocycles. The van der Waals surface area contributed by atoms with Gasteiger partial charge in [0.15, 0.2) is 5.69 Å². The molecule has 1 aliphatic rings. The average Bonchev–Trinajstić information content (AvgIpc) is 2.78. The Hall–Kier alpha value is -2.18. The fraction of sp³-hybridized carbons (Fsp3) is 0.455. The van der Waals surface area contributed by atoms with Gasteiger partial charge in [-0.2, -0.15) is 0 Å². The predicted molar refractivity (Wildman–Crippen MR) is 62.9 cm³/mol. The molecule has 18 heavy (non-hydrogen) atoms. The molecule has 1 heterocycles. The first-order valence-electron chi connectivity index (χ1n) is 5.69. The van der Waals surface area contributed by atoms with E-state index in [0.29, 0.717) is 18.7 Å². The highest BCUT2D eigenvalue weighted by Gasteiger charge is 2.29. The second kappa shape index (κ2) is 4.99. The normalized spacial score (nSPS) is 22.7. The monoisotopic (exact) mass is 250 g/mol. The summed E-state index contributed by atoms with van der Waals surface area (Å²) in [5.41, 5.74) is 5.16. The van der Waals surface area contributed by atoms with Crippen LogP contribution in [-0.2, 0) is 4.79 Å². The van der Waals surface area contributed by atoms with E-state index in [-0.39, 0.29) is 17.7 Å². The van der Waals surface area contributed by atoms with Crippen molar-refractivity contribution in [3.8, 4) is 0 Å². The molecular weight excluding hydrogens is 236 g/mol. The van der Waals surface area contributed by atoms with Gasteiger partial charge in [0.05, 0.1) is 5.92 Å². The molecule has 2 unspecified atom stereocenters. The molecular formula is C11H14N4O3. The van der Waals surface area contributed by atoms with Gasteiger partial charge >= 0.3 is 5.97 Å². The van der Waals surface area contributed by atoms with Crippen LogP contribution in [0.1, 0.15) is 29.8 Å². The molecule has 0 aromatic carbocycles. The van der Waals surface area contributed by atoms with Crippen LogP contribution >= 0.6 is 0 Å².